The van der Waals surface area contributed by atoms with Crippen LogP contribution in [-0.2, 0) is 4.79 Å². The number of halogens is 1. The molecule has 1 aromatic rings. The number of likely N-dealkylation sites (N-methyl/N-ethyl adjacent to an activating group) is 1. The molecule has 0 heterocycles. The molecule has 0 aliphatic rings. The zero-order chi connectivity index (χ0) is 13.1. The smallest absolute Gasteiger partial charge is 0.244 e. The summed E-state index contributed by atoms with van der Waals surface area (Å²) < 4.78 is 1.17. The third-order valence-corrected chi connectivity index (χ3v) is 3.29. The summed E-state index contributed by atoms with van der Waals surface area (Å²) in [6, 6.07) is 5.98. The van der Waals surface area contributed by atoms with E-state index in [1.54, 1.807) is 0 Å². The van der Waals surface area contributed by atoms with E-state index in [1.807, 2.05) is 39.8 Å². The monoisotopic (exact) mass is 346 g/mol. The van der Waals surface area contributed by atoms with Crippen LogP contribution in [0.25, 0.3) is 0 Å². The van der Waals surface area contributed by atoms with Crippen LogP contribution in [0.2, 0.25) is 0 Å². The molecule has 94 valence electrons. The Morgan fingerprint density at radius 2 is 2.06 bits per heavy atom. The highest BCUT2D eigenvalue weighted by Gasteiger charge is 2.26. The summed E-state index contributed by atoms with van der Waals surface area (Å²) in [5, 5.41) is 6.12. The largest absolute Gasteiger partial charge is 0.324 e. The lowest BCUT2D eigenvalue weighted by atomic mass is 10.0. The van der Waals surface area contributed by atoms with Gasteiger partial charge in [0.1, 0.15) is 0 Å². The van der Waals surface area contributed by atoms with Gasteiger partial charge in [0.25, 0.3) is 0 Å². The van der Waals surface area contributed by atoms with Gasteiger partial charge in [-0.05, 0) is 73.7 Å². The van der Waals surface area contributed by atoms with Crippen LogP contribution in [0.5, 0.6) is 0 Å². The number of rotatable bonds is 4. The summed E-state index contributed by atoms with van der Waals surface area (Å²) in [6.45, 7) is 8.52. The molecule has 1 rings (SSSR count). The van der Waals surface area contributed by atoms with Gasteiger partial charge in [-0.15, -0.1) is 0 Å². The highest BCUT2D eigenvalue weighted by molar-refractivity contribution is 14.1. The average molecular weight is 346 g/mol. The second-order valence-electron chi connectivity index (χ2n) is 4.57. The molecule has 0 saturated heterocycles. The molecule has 0 fully saturated rings. The second-order valence-corrected chi connectivity index (χ2v) is 5.81. The van der Waals surface area contributed by atoms with E-state index in [0.29, 0.717) is 0 Å². The van der Waals surface area contributed by atoms with Gasteiger partial charge < -0.3 is 10.6 Å². The number of carbonyl (C=O) groups is 1. The highest BCUT2D eigenvalue weighted by atomic mass is 127. The summed E-state index contributed by atoms with van der Waals surface area (Å²) in [7, 11) is 0. The van der Waals surface area contributed by atoms with E-state index in [9.17, 15) is 4.79 Å². The van der Waals surface area contributed by atoms with Crippen LogP contribution >= 0.6 is 22.6 Å². The Morgan fingerprint density at radius 3 is 2.59 bits per heavy atom. The van der Waals surface area contributed by atoms with E-state index in [0.717, 1.165) is 17.8 Å². The first kappa shape index (κ1) is 14.4. The lowest BCUT2D eigenvalue weighted by molar-refractivity contribution is -0.121. The number of hydrogen-bond acceptors (Lipinski definition) is 2. The Bertz CT molecular complexity index is 416. The van der Waals surface area contributed by atoms with Crippen molar-refractivity contribution in [2.75, 3.05) is 11.9 Å². The fraction of sp³-hybridized carbons (Fsp3) is 0.462. The van der Waals surface area contributed by atoms with Crippen LogP contribution < -0.4 is 10.6 Å². The van der Waals surface area contributed by atoms with Gasteiger partial charge in [0, 0.05) is 9.26 Å². The van der Waals surface area contributed by atoms with E-state index < -0.39 is 5.54 Å². The van der Waals surface area contributed by atoms with E-state index >= 15 is 0 Å². The van der Waals surface area contributed by atoms with Crippen molar-refractivity contribution in [3.63, 3.8) is 0 Å². The standard InChI is InChI=1S/C13H19IN2O/c1-5-15-13(3,4)12(17)16-11-7-6-10(14)8-9(11)2/h6-8,15H,5H2,1-4H3,(H,16,17). The van der Waals surface area contributed by atoms with Crippen molar-refractivity contribution in [3.8, 4) is 0 Å². The summed E-state index contributed by atoms with van der Waals surface area (Å²) in [5.41, 5.74) is 1.41. The number of nitrogens with one attached hydrogen (secondary N) is 2. The molecule has 3 nitrogen and oxygen atoms in total. The van der Waals surface area contributed by atoms with Crippen molar-refractivity contribution in [1.29, 1.82) is 0 Å². The summed E-state index contributed by atoms with van der Waals surface area (Å²) in [5.74, 6) is -0.0105. The zero-order valence-electron chi connectivity index (χ0n) is 10.7. The Kier molecular flexibility index (Phi) is 4.94. The Labute approximate surface area is 117 Å². The number of hydrogen-bond donors (Lipinski definition) is 2. The van der Waals surface area contributed by atoms with Crippen LogP contribution in [0.3, 0.4) is 0 Å². The molecule has 1 amide bonds. The minimum absolute atomic E-state index is 0.0105. The van der Waals surface area contributed by atoms with Crippen molar-refractivity contribution in [1.82, 2.24) is 5.32 Å². The first-order valence-electron chi connectivity index (χ1n) is 5.69. The lowest BCUT2D eigenvalue weighted by Gasteiger charge is -2.24. The maximum atomic E-state index is 12.1. The minimum Gasteiger partial charge on any atom is -0.324 e. The molecule has 0 bridgehead atoms. The first-order valence-corrected chi connectivity index (χ1v) is 6.77. The molecule has 0 unspecified atom stereocenters. The molecule has 17 heavy (non-hydrogen) atoms. The van der Waals surface area contributed by atoms with Gasteiger partial charge in [-0.1, -0.05) is 6.92 Å². The molecule has 0 saturated carbocycles. The summed E-state index contributed by atoms with van der Waals surface area (Å²) in [4.78, 5) is 12.1. The van der Waals surface area contributed by atoms with Crippen molar-refractivity contribution < 1.29 is 4.79 Å². The first-order chi connectivity index (χ1) is 7.86. The molecule has 0 aliphatic heterocycles. The number of aryl methyl sites for hydroxylation is 1. The van der Waals surface area contributed by atoms with E-state index in [-0.39, 0.29) is 5.91 Å². The quantitative estimate of drug-likeness (QED) is 0.823. The fourth-order valence-corrected chi connectivity index (χ4v) is 2.22. The number of benzene rings is 1. The zero-order valence-corrected chi connectivity index (χ0v) is 12.9. The predicted octanol–water partition coefficient (Wildman–Crippen LogP) is 2.93. The maximum Gasteiger partial charge on any atom is 0.244 e. The molecule has 0 radical (unpaired) electrons. The topological polar surface area (TPSA) is 41.1 Å². The van der Waals surface area contributed by atoms with Crippen molar-refractivity contribution in [2.45, 2.75) is 33.2 Å². The van der Waals surface area contributed by atoms with Gasteiger partial charge in [-0.2, -0.15) is 0 Å². The van der Waals surface area contributed by atoms with Gasteiger partial charge >= 0.3 is 0 Å². The van der Waals surface area contributed by atoms with Gasteiger partial charge in [-0.25, -0.2) is 0 Å². The molecule has 0 aromatic heterocycles. The van der Waals surface area contributed by atoms with Crippen molar-refractivity contribution in [2.24, 2.45) is 0 Å². The molecule has 0 atom stereocenters. The van der Waals surface area contributed by atoms with E-state index in [2.05, 4.69) is 39.3 Å². The van der Waals surface area contributed by atoms with Crippen LogP contribution in [0, 0.1) is 10.5 Å². The second kappa shape index (κ2) is 5.82. The SMILES string of the molecule is CCNC(C)(C)C(=O)Nc1ccc(I)cc1C. The van der Waals surface area contributed by atoms with Crippen LogP contribution in [0.15, 0.2) is 18.2 Å². The van der Waals surface area contributed by atoms with Crippen LogP contribution in [0.1, 0.15) is 26.3 Å². The number of anilines is 1. The minimum atomic E-state index is -0.551. The summed E-state index contributed by atoms with van der Waals surface area (Å²) in [6.07, 6.45) is 0. The number of amides is 1. The molecule has 0 spiro atoms. The van der Waals surface area contributed by atoms with Gasteiger partial charge in [0.2, 0.25) is 5.91 Å². The Hall–Kier alpha value is -0.620. The highest BCUT2D eigenvalue weighted by Crippen LogP contribution is 2.19. The van der Waals surface area contributed by atoms with Crippen molar-refractivity contribution in [3.05, 3.63) is 27.3 Å². The third-order valence-electron chi connectivity index (χ3n) is 2.62. The number of carbonyl (C=O) groups excluding carboxylic acids is 1. The molecule has 2 N–H and O–H groups in total. The Morgan fingerprint density at radius 1 is 1.41 bits per heavy atom. The maximum absolute atomic E-state index is 12.1. The van der Waals surface area contributed by atoms with Crippen LogP contribution in [-0.4, -0.2) is 18.0 Å². The molecule has 4 heteroatoms. The normalized spacial score (nSPS) is 11.4. The van der Waals surface area contributed by atoms with E-state index in [4.69, 9.17) is 0 Å². The van der Waals surface area contributed by atoms with Gasteiger partial charge in [0.05, 0.1) is 5.54 Å². The summed E-state index contributed by atoms with van der Waals surface area (Å²) >= 11 is 2.26. The third kappa shape index (κ3) is 3.96. The predicted molar refractivity (Wildman–Crippen MR) is 80.3 cm³/mol. The van der Waals surface area contributed by atoms with Gasteiger partial charge in [-0.3, -0.25) is 4.79 Å². The fourth-order valence-electron chi connectivity index (χ4n) is 1.57. The van der Waals surface area contributed by atoms with E-state index in [1.165, 1.54) is 3.57 Å². The Balaban J connectivity index is 2.81. The van der Waals surface area contributed by atoms with Gasteiger partial charge in [0.15, 0.2) is 0 Å². The van der Waals surface area contributed by atoms with Crippen molar-refractivity contribution >= 4 is 34.2 Å². The molecule has 0 aliphatic carbocycles. The molecular weight excluding hydrogens is 327 g/mol. The van der Waals surface area contributed by atoms with Crippen LogP contribution in [0.4, 0.5) is 5.69 Å². The molecular formula is C13H19IN2O. The lowest BCUT2D eigenvalue weighted by Crippen LogP contribution is -2.49. The average Bonchev–Trinajstić information content (AvgIpc) is 2.22. The molecule has 1 aromatic carbocycles.